The van der Waals surface area contributed by atoms with Crippen LogP contribution >= 0.6 is 11.6 Å². The number of esters is 1. The summed E-state index contributed by atoms with van der Waals surface area (Å²) in [7, 11) is 0. The van der Waals surface area contributed by atoms with Crippen molar-refractivity contribution in [1.29, 1.82) is 0 Å². The van der Waals surface area contributed by atoms with Gasteiger partial charge in [0, 0.05) is 18.2 Å². The molecule has 1 atom stereocenters. The van der Waals surface area contributed by atoms with Gasteiger partial charge in [-0.2, -0.15) is 0 Å². The standard InChI is InChI=1S/C17H20ClN3O6/c1-4-7-19-14(22)9-27-17(24)15(10(2)3)20-16(23)11-5-6-12(18)13(8-11)21(25)26/h4-6,8,10,15H,1,7,9H2,2-3H3,(H,19,22)(H,20,23). The van der Waals surface area contributed by atoms with Crippen LogP contribution in [0, 0.1) is 16.0 Å². The van der Waals surface area contributed by atoms with E-state index in [-0.39, 0.29) is 23.0 Å². The first-order valence-electron chi connectivity index (χ1n) is 7.96. The number of amides is 2. The molecule has 0 fully saturated rings. The van der Waals surface area contributed by atoms with E-state index in [1.54, 1.807) is 13.8 Å². The minimum absolute atomic E-state index is 0.0340. The van der Waals surface area contributed by atoms with Crippen LogP contribution in [0.5, 0.6) is 0 Å². The number of carbonyl (C=O) groups excluding carboxylic acids is 3. The maximum Gasteiger partial charge on any atom is 0.329 e. The lowest BCUT2D eigenvalue weighted by molar-refractivity contribution is -0.384. The number of halogens is 1. The molecule has 0 aliphatic rings. The fraction of sp³-hybridized carbons (Fsp3) is 0.353. The third-order valence-electron chi connectivity index (χ3n) is 3.40. The highest BCUT2D eigenvalue weighted by atomic mass is 35.5. The fourth-order valence-electron chi connectivity index (χ4n) is 1.98. The first-order valence-corrected chi connectivity index (χ1v) is 8.34. The molecule has 0 aliphatic carbocycles. The summed E-state index contributed by atoms with van der Waals surface area (Å²) in [6.45, 7) is 6.52. The maximum absolute atomic E-state index is 12.4. The van der Waals surface area contributed by atoms with E-state index in [1.165, 1.54) is 18.2 Å². The fourth-order valence-corrected chi connectivity index (χ4v) is 2.17. The second kappa shape index (κ2) is 10.3. The summed E-state index contributed by atoms with van der Waals surface area (Å²) in [5.74, 6) is -2.36. The van der Waals surface area contributed by atoms with Gasteiger partial charge in [-0.05, 0) is 18.1 Å². The van der Waals surface area contributed by atoms with Gasteiger partial charge in [0.05, 0.1) is 4.92 Å². The van der Waals surface area contributed by atoms with Crippen LogP contribution in [-0.4, -0.2) is 41.9 Å². The van der Waals surface area contributed by atoms with Crippen molar-refractivity contribution in [3.63, 3.8) is 0 Å². The van der Waals surface area contributed by atoms with Gasteiger partial charge in [-0.1, -0.05) is 31.5 Å². The van der Waals surface area contributed by atoms with Crippen LogP contribution in [0.2, 0.25) is 5.02 Å². The van der Waals surface area contributed by atoms with Crippen molar-refractivity contribution in [2.45, 2.75) is 19.9 Å². The zero-order chi connectivity index (χ0) is 20.6. The Balaban J connectivity index is 2.81. The zero-order valence-electron chi connectivity index (χ0n) is 14.9. The Hall–Kier alpha value is -2.94. The van der Waals surface area contributed by atoms with E-state index < -0.39 is 41.0 Å². The van der Waals surface area contributed by atoms with Gasteiger partial charge in [-0.3, -0.25) is 19.7 Å². The zero-order valence-corrected chi connectivity index (χ0v) is 15.6. The molecule has 0 aromatic heterocycles. The number of hydrogen-bond donors (Lipinski definition) is 2. The molecule has 1 rings (SSSR count). The highest BCUT2D eigenvalue weighted by Crippen LogP contribution is 2.25. The number of nitrogens with zero attached hydrogens (tertiary/aromatic N) is 1. The number of carbonyl (C=O) groups is 3. The van der Waals surface area contributed by atoms with Crippen LogP contribution in [0.3, 0.4) is 0 Å². The van der Waals surface area contributed by atoms with Gasteiger partial charge in [0.2, 0.25) is 0 Å². The topological polar surface area (TPSA) is 128 Å². The molecule has 0 saturated heterocycles. The SMILES string of the molecule is C=CCNC(=O)COC(=O)C(NC(=O)c1ccc(Cl)c([N+](=O)[O-])c1)C(C)C. The Morgan fingerprint density at radius 1 is 1.37 bits per heavy atom. The lowest BCUT2D eigenvalue weighted by Crippen LogP contribution is -2.46. The van der Waals surface area contributed by atoms with E-state index in [2.05, 4.69) is 17.2 Å². The molecule has 2 N–H and O–H groups in total. The van der Waals surface area contributed by atoms with Crippen molar-refractivity contribution in [3.05, 3.63) is 51.6 Å². The predicted molar refractivity (Wildman–Crippen MR) is 98.4 cm³/mol. The van der Waals surface area contributed by atoms with Crippen molar-refractivity contribution in [2.24, 2.45) is 5.92 Å². The van der Waals surface area contributed by atoms with E-state index in [4.69, 9.17) is 16.3 Å². The number of nitrogens with one attached hydrogen (secondary N) is 2. The summed E-state index contributed by atoms with van der Waals surface area (Å²) >= 11 is 5.72. The first-order chi connectivity index (χ1) is 12.7. The van der Waals surface area contributed by atoms with Crippen LogP contribution in [0.1, 0.15) is 24.2 Å². The largest absolute Gasteiger partial charge is 0.454 e. The van der Waals surface area contributed by atoms with Gasteiger partial charge in [-0.15, -0.1) is 6.58 Å². The molecule has 0 aliphatic heterocycles. The van der Waals surface area contributed by atoms with Gasteiger partial charge < -0.3 is 15.4 Å². The van der Waals surface area contributed by atoms with Gasteiger partial charge >= 0.3 is 5.97 Å². The predicted octanol–water partition coefficient (Wildman–Crippen LogP) is 1.85. The molecule has 2 amide bonds. The van der Waals surface area contributed by atoms with Gasteiger partial charge in [0.25, 0.3) is 17.5 Å². The van der Waals surface area contributed by atoms with E-state index in [0.29, 0.717) is 0 Å². The van der Waals surface area contributed by atoms with Gasteiger partial charge in [0.15, 0.2) is 6.61 Å². The second-order valence-electron chi connectivity index (χ2n) is 5.82. The van der Waals surface area contributed by atoms with E-state index >= 15 is 0 Å². The first kappa shape index (κ1) is 22.1. The lowest BCUT2D eigenvalue weighted by atomic mass is 10.0. The van der Waals surface area contributed by atoms with E-state index in [1.807, 2.05) is 0 Å². The number of hydrogen-bond acceptors (Lipinski definition) is 6. The van der Waals surface area contributed by atoms with Crippen LogP contribution in [0.4, 0.5) is 5.69 Å². The number of nitro groups is 1. The van der Waals surface area contributed by atoms with Gasteiger partial charge in [0.1, 0.15) is 11.1 Å². The van der Waals surface area contributed by atoms with Crippen molar-refractivity contribution < 1.29 is 24.0 Å². The smallest absolute Gasteiger partial charge is 0.329 e. The minimum Gasteiger partial charge on any atom is -0.454 e. The van der Waals surface area contributed by atoms with Crippen molar-refractivity contribution in [2.75, 3.05) is 13.2 Å². The minimum atomic E-state index is -1.04. The summed E-state index contributed by atoms with van der Waals surface area (Å²) in [6, 6.07) is 2.50. The third kappa shape index (κ3) is 6.70. The quantitative estimate of drug-likeness (QED) is 0.283. The van der Waals surface area contributed by atoms with E-state index in [9.17, 15) is 24.5 Å². The van der Waals surface area contributed by atoms with Crippen molar-refractivity contribution in [3.8, 4) is 0 Å². The Labute approximate surface area is 160 Å². The molecule has 1 aromatic rings. The highest BCUT2D eigenvalue weighted by Gasteiger charge is 2.27. The Morgan fingerprint density at radius 3 is 2.59 bits per heavy atom. The van der Waals surface area contributed by atoms with Crippen molar-refractivity contribution in [1.82, 2.24) is 10.6 Å². The molecule has 9 nitrogen and oxygen atoms in total. The molecule has 10 heteroatoms. The normalized spacial score (nSPS) is 11.4. The maximum atomic E-state index is 12.4. The Bertz CT molecular complexity index is 750. The Kier molecular flexibility index (Phi) is 8.40. The molecule has 0 radical (unpaired) electrons. The molecule has 0 bridgehead atoms. The number of ether oxygens (including phenoxy) is 1. The monoisotopic (exact) mass is 397 g/mol. The average Bonchev–Trinajstić information content (AvgIpc) is 2.61. The third-order valence-corrected chi connectivity index (χ3v) is 3.72. The van der Waals surface area contributed by atoms with Crippen LogP contribution < -0.4 is 10.6 Å². The van der Waals surface area contributed by atoms with Crippen LogP contribution in [0.15, 0.2) is 30.9 Å². The molecule has 1 aromatic carbocycles. The Morgan fingerprint density at radius 2 is 2.04 bits per heavy atom. The molecule has 27 heavy (non-hydrogen) atoms. The second-order valence-corrected chi connectivity index (χ2v) is 6.23. The molecule has 146 valence electrons. The molecule has 1 unspecified atom stereocenters. The number of nitro benzene ring substituents is 1. The molecule has 0 heterocycles. The average molecular weight is 398 g/mol. The summed E-state index contributed by atoms with van der Waals surface area (Å²) in [5, 5.41) is 15.7. The summed E-state index contributed by atoms with van der Waals surface area (Å²) in [6.07, 6.45) is 1.47. The van der Waals surface area contributed by atoms with Crippen LogP contribution in [0.25, 0.3) is 0 Å². The molecule has 0 spiro atoms. The molecular weight excluding hydrogens is 378 g/mol. The van der Waals surface area contributed by atoms with Crippen LogP contribution in [-0.2, 0) is 14.3 Å². The van der Waals surface area contributed by atoms with E-state index in [0.717, 1.165) is 6.07 Å². The summed E-state index contributed by atoms with van der Waals surface area (Å²) in [4.78, 5) is 46.2. The highest BCUT2D eigenvalue weighted by molar-refractivity contribution is 6.32. The number of rotatable bonds is 9. The number of benzene rings is 1. The molecule has 0 saturated carbocycles. The molecular formula is C17H20ClN3O6. The van der Waals surface area contributed by atoms with Crippen molar-refractivity contribution >= 4 is 35.1 Å². The van der Waals surface area contributed by atoms with Gasteiger partial charge in [-0.25, -0.2) is 4.79 Å². The lowest BCUT2D eigenvalue weighted by Gasteiger charge is -2.20. The summed E-state index contributed by atoms with van der Waals surface area (Å²) < 4.78 is 4.91. The summed E-state index contributed by atoms with van der Waals surface area (Å²) in [5.41, 5.74) is -0.458.